The highest BCUT2D eigenvalue weighted by Gasteiger charge is 2.37. The van der Waals surface area contributed by atoms with E-state index in [1.54, 1.807) is 0 Å². The van der Waals surface area contributed by atoms with E-state index >= 15 is 0 Å². The number of anilines is 1. The third-order valence-electron chi connectivity index (χ3n) is 6.92. The van der Waals surface area contributed by atoms with Crippen molar-refractivity contribution in [2.24, 2.45) is 0 Å². The molecule has 1 fully saturated rings. The Balaban J connectivity index is 1.46. The van der Waals surface area contributed by atoms with Crippen LogP contribution in [0.25, 0.3) is 11.1 Å². The average molecular weight is 615 g/mol. The van der Waals surface area contributed by atoms with Crippen LogP contribution in [0.2, 0.25) is 0 Å². The number of unbranched alkanes of at least 4 members (excludes halogenated alkanes) is 2. The van der Waals surface area contributed by atoms with Gasteiger partial charge in [0, 0.05) is 31.4 Å². The van der Waals surface area contributed by atoms with Gasteiger partial charge in [-0.05, 0) is 63.3 Å². The molecule has 0 unspecified atom stereocenters. The minimum absolute atomic E-state index is 0.00405. The number of carbonyl (C=O) groups excluding carboxylic acids is 1. The standard InChI is InChI=1S/C29H32F6N4O4/c1-28(2,33)25-37-23(38-43-25)6-4-3-5-15-39(27(40)42-20-11-13-29(34,35)14-12-20)24-16-21(22(30)17-36-24)18-7-9-19(10-8-18)41-26(31)32/h7-10,16-17,20,26H,3-6,11-15H2,1-2H3. The van der Waals surface area contributed by atoms with Gasteiger partial charge >= 0.3 is 12.7 Å². The Morgan fingerprint density at radius 2 is 1.84 bits per heavy atom. The number of aromatic nitrogens is 3. The zero-order valence-electron chi connectivity index (χ0n) is 23.7. The number of aryl methyl sites for hydroxylation is 1. The van der Waals surface area contributed by atoms with E-state index in [1.807, 2.05) is 0 Å². The molecule has 0 bridgehead atoms. The zero-order valence-corrected chi connectivity index (χ0v) is 23.7. The summed E-state index contributed by atoms with van der Waals surface area (Å²) in [5, 5.41) is 3.78. The van der Waals surface area contributed by atoms with Gasteiger partial charge in [-0.1, -0.05) is 23.7 Å². The summed E-state index contributed by atoms with van der Waals surface area (Å²) in [5.41, 5.74) is -1.39. The lowest BCUT2D eigenvalue weighted by atomic mass is 9.94. The van der Waals surface area contributed by atoms with Gasteiger partial charge < -0.3 is 14.0 Å². The summed E-state index contributed by atoms with van der Waals surface area (Å²) >= 11 is 0. The summed E-state index contributed by atoms with van der Waals surface area (Å²) in [6.07, 6.45) is 0.653. The van der Waals surface area contributed by atoms with Gasteiger partial charge in [0.2, 0.25) is 5.92 Å². The predicted octanol–water partition coefficient (Wildman–Crippen LogP) is 8.01. The highest BCUT2D eigenvalue weighted by atomic mass is 19.3. The van der Waals surface area contributed by atoms with Gasteiger partial charge in [-0.3, -0.25) is 4.90 Å². The van der Waals surface area contributed by atoms with Crippen LogP contribution in [0.5, 0.6) is 5.75 Å². The van der Waals surface area contributed by atoms with Crippen molar-refractivity contribution in [1.29, 1.82) is 0 Å². The zero-order chi connectivity index (χ0) is 31.2. The van der Waals surface area contributed by atoms with Crippen molar-refractivity contribution in [2.75, 3.05) is 11.4 Å². The summed E-state index contributed by atoms with van der Waals surface area (Å²) in [7, 11) is 0. The fourth-order valence-corrected chi connectivity index (χ4v) is 4.58. The lowest BCUT2D eigenvalue weighted by Crippen LogP contribution is -2.38. The molecule has 14 heteroatoms. The second-order valence-electron chi connectivity index (χ2n) is 10.8. The van der Waals surface area contributed by atoms with Gasteiger partial charge in [-0.15, -0.1) is 0 Å². The maximum atomic E-state index is 14.8. The Morgan fingerprint density at radius 3 is 2.47 bits per heavy atom. The molecular formula is C29H32F6N4O4. The van der Waals surface area contributed by atoms with E-state index in [1.165, 1.54) is 49.1 Å². The molecule has 0 atom stereocenters. The Hall–Kier alpha value is -3.84. The molecule has 1 aliphatic rings. The molecule has 8 nitrogen and oxygen atoms in total. The summed E-state index contributed by atoms with van der Waals surface area (Å²) in [6.45, 7) is -0.293. The van der Waals surface area contributed by atoms with E-state index in [0.29, 0.717) is 37.1 Å². The highest BCUT2D eigenvalue weighted by molar-refractivity contribution is 5.87. The second-order valence-corrected chi connectivity index (χ2v) is 10.8. The van der Waals surface area contributed by atoms with E-state index in [9.17, 15) is 31.1 Å². The second kappa shape index (κ2) is 13.6. The number of benzene rings is 1. The number of alkyl halides is 5. The Kier molecular flexibility index (Phi) is 10.2. The lowest BCUT2D eigenvalue weighted by Gasteiger charge is -2.30. The first-order chi connectivity index (χ1) is 20.3. The number of carbonyl (C=O) groups is 1. The number of halogens is 6. The normalized spacial score (nSPS) is 15.5. The number of pyridine rings is 1. The summed E-state index contributed by atoms with van der Waals surface area (Å²) in [5.74, 6) is -3.34. The molecular weight excluding hydrogens is 582 g/mol. The maximum Gasteiger partial charge on any atom is 0.415 e. The molecule has 1 aliphatic carbocycles. The van der Waals surface area contributed by atoms with Crippen LogP contribution in [0.3, 0.4) is 0 Å². The SMILES string of the molecule is CC(C)(F)c1nc(CCCCCN(C(=O)OC2CCC(F)(F)CC2)c2cc(-c3ccc(OC(F)F)cc3)c(F)cn2)no1. The molecule has 1 amide bonds. The Morgan fingerprint density at radius 1 is 1.14 bits per heavy atom. The number of hydrogen-bond donors (Lipinski definition) is 0. The molecule has 4 rings (SSSR count). The molecule has 2 aromatic heterocycles. The van der Waals surface area contributed by atoms with Crippen molar-refractivity contribution in [1.82, 2.24) is 15.1 Å². The van der Waals surface area contributed by atoms with Crippen LogP contribution in [-0.4, -0.2) is 46.4 Å². The minimum Gasteiger partial charge on any atom is -0.446 e. The first kappa shape index (κ1) is 32.1. The van der Waals surface area contributed by atoms with Gasteiger partial charge in [0.1, 0.15) is 23.5 Å². The quantitative estimate of drug-likeness (QED) is 0.151. The number of ether oxygens (including phenoxy) is 2. The van der Waals surface area contributed by atoms with Gasteiger partial charge in [-0.2, -0.15) is 13.8 Å². The van der Waals surface area contributed by atoms with Crippen molar-refractivity contribution in [3.8, 4) is 16.9 Å². The van der Waals surface area contributed by atoms with Crippen LogP contribution in [-0.2, 0) is 16.8 Å². The van der Waals surface area contributed by atoms with Crippen LogP contribution in [0.15, 0.2) is 41.1 Å². The number of amides is 1. The molecule has 1 saturated carbocycles. The highest BCUT2D eigenvalue weighted by Crippen LogP contribution is 2.35. The molecule has 2 heterocycles. The molecule has 0 saturated heterocycles. The first-order valence-electron chi connectivity index (χ1n) is 13.9. The van der Waals surface area contributed by atoms with Gasteiger partial charge in [0.25, 0.3) is 5.89 Å². The first-order valence-corrected chi connectivity index (χ1v) is 13.9. The number of hydrogen-bond acceptors (Lipinski definition) is 7. The Bertz CT molecular complexity index is 1350. The van der Waals surface area contributed by atoms with Crippen LogP contribution in [0.4, 0.5) is 37.0 Å². The van der Waals surface area contributed by atoms with Crippen molar-refractivity contribution >= 4 is 11.9 Å². The van der Waals surface area contributed by atoms with Crippen LogP contribution in [0.1, 0.15) is 70.5 Å². The van der Waals surface area contributed by atoms with Gasteiger partial charge in [0.05, 0.1) is 6.20 Å². The van der Waals surface area contributed by atoms with E-state index in [0.717, 1.165) is 6.20 Å². The smallest absolute Gasteiger partial charge is 0.415 e. The molecule has 0 N–H and O–H groups in total. The summed E-state index contributed by atoms with van der Waals surface area (Å²) in [4.78, 5) is 22.6. The van der Waals surface area contributed by atoms with Crippen LogP contribution in [0, 0.1) is 5.82 Å². The van der Waals surface area contributed by atoms with E-state index in [4.69, 9.17) is 9.26 Å². The van der Waals surface area contributed by atoms with Crippen molar-refractivity contribution in [3.63, 3.8) is 0 Å². The summed E-state index contributed by atoms with van der Waals surface area (Å²) in [6, 6.07) is 6.62. The van der Waals surface area contributed by atoms with Crippen LogP contribution < -0.4 is 9.64 Å². The van der Waals surface area contributed by atoms with Crippen molar-refractivity contribution in [3.05, 3.63) is 54.1 Å². The molecule has 3 aromatic rings. The topological polar surface area (TPSA) is 90.6 Å². The maximum absolute atomic E-state index is 14.8. The van der Waals surface area contributed by atoms with E-state index in [-0.39, 0.29) is 42.4 Å². The fraction of sp³-hybridized carbons (Fsp3) is 0.517. The lowest BCUT2D eigenvalue weighted by molar-refractivity contribution is -0.0648. The number of rotatable bonds is 12. The number of nitrogens with zero attached hydrogens (tertiary/aromatic N) is 4. The van der Waals surface area contributed by atoms with E-state index in [2.05, 4.69) is 19.9 Å². The summed E-state index contributed by atoms with van der Waals surface area (Å²) < 4.78 is 95.9. The monoisotopic (exact) mass is 614 g/mol. The molecule has 0 radical (unpaired) electrons. The van der Waals surface area contributed by atoms with Crippen LogP contribution >= 0.6 is 0 Å². The molecule has 0 aliphatic heterocycles. The molecule has 0 spiro atoms. The molecule has 1 aromatic carbocycles. The minimum atomic E-state index is -3.02. The fourth-order valence-electron chi connectivity index (χ4n) is 4.58. The van der Waals surface area contributed by atoms with Gasteiger partial charge in [0.15, 0.2) is 11.5 Å². The Labute approximate surface area is 244 Å². The predicted molar refractivity (Wildman–Crippen MR) is 143 cm³/mol. The average Bonchev–Trinajstić information content (AvgIpc) is 3.42. The molecule has 234 valence electrons. The third kappa shape index (κ3) is 9.07. The van der Waals surface area contributed by atoms with Gasteiger partial charge in [-0.25, -0.2) is 27.3 Å². The van der Waals surface area contributed by atoms with Crippen molar-refractivity contribution < 1.29 is 45.1 Å². The molecule has 43 heavy (non-hydrogen) atoms. The van der Waals surface area contributed by atoms with E-state index < -0.39 is 49.1 Å². The van der Waals surface area contributed by atoms with Crippen molar-refractivity contribution in [2.45, 2.75) is 89.5 Å². The largest absolute Gasteiger partial charge is 0.446 e. The third-order valence-corrected chi connectivity index (χ3v) is 6.92.